The topological polar surface area (TPSA) is 28.7 Å². The number of hydrogen-bond acceptors (Lipinski definition) is 1. The second-order valence-electron chi connectivity index (χ2n) is 4.80. The van der Waals surface area contributed by atoms with Crippen LogP contribution in [0.15, 0.2) is 18.2 Å². The minimum Gasteiger partial charge on any atom is -0.342 e. The largest absolute Gasteiger partial charge is 0.342 e. The fraction of sp³-hybridized carbons (Fsp3) is 0.500. The number of aromatic nitrogens is 2. The van der Waals surface area contributed by atoms with E-state index < -0.39 is 0 Å². The third-order valence-corrected chi connectivity index (χ3v) is 2.47. The molecule has 0 fully saturated rings. The molecular formula is C14H24N2. The van der Waals surface area contributed by atoms with Crippen molar-refractivity contribution in [2.24, 2.45) is 0 Å². The highest BCUT2D eigenvalue weighted by Crippen LogP contribution is 2.24. The molecule has 1 aromatic carbocycles. The van der Waals surface area contributed by atoms with Crippen LogP contribution in [0.5, 0.6) is 0 Å². The van der Waals surface area contributed by atoms with E-state index in [0.717, 1.165) is 16.9 Å². The lowest BCUT2D eigenvalue weighted by Crippen LogP contribution is -2.10. The van der Waals surface area contributed by atoms with E-state index >= 15 is 0 Å². The average molecular weight is 220 g/mol. The number of imidazole rings is 1. The van der Waals surface area contributed by atoms with Crippen LogP contribution in [0.4, 0.5) is 0 Å². The summed E-state index contributed by atoms with van der Waals surface area (Å²) in [6, 6.07) is 6.43. The maximum Gasteiger partial charge on any atom is 0.104 e. The van der Waals surface area contributed by atoms with Crippen LogP contribution >= 0.6 is 0 Å². The van der Waals surface area contributed by atoms with Crippen molar-refractivity contribution in [3.63, 3.8) is 0 Å². The number of nitrogens with one attached hydrogen (secondary N) is 1. The molecule has 0 aliphatic carbocycles. The quantitative estimate of drug-likeness (QED) is 0.698. The summed E-state index contributed by atoms with van der Waals surface area (Å²) < 4.78 is 0. The van der Waals surface area contributed by atoms with E-state index in [1.807, 2.05) is 20.8 Å². The first-order valence-electron chi connectivity index (χ1n) is 5.94. The molecule has 0 spiro atoms. The Bertz CT molecular complexity index is 467. The molecule has 0 amide bonds. The van der Waals surface area contributed by atoms with Gasteiger partial charge in [0.25, 0.3) is 0 Å². The first-order chi connectivity index (χ1) is 7.47. The van der Waals surface area contributed by atoms with Crippen molar-refractivity contribution in [3.8, 4) is 0 Å². The van der Waals surface area contributed by atoms with Gasteiger partial charge in [-0.05, 0) is 30.0 Å². The molecule has 2 rings (SSSR count). The third kappa shape index (κ3) is 2.63. The van der Waals surface area contributed by atoms with Crippen LogP contribution in [-0.4, -0.2) is 9.97 Å². The molecule has 2 aromatic rings. The molecule has 0 radical (unpaired) electrons. The number of rotatable bonds is 0. The van der Waals surface area contributed by atoms with Gasteiger partial charge in [-0.1, -0.05) is 40.7 Å². The van der Waals surface area contributed by atoms with Gasteiger partial charge in [0.15, 0.2) is 0 Å². The second-order valence-corrected chi connectivity index (χ2v) is 4.80. The molecule has 2 nitrogen and oxygen atoms in total. The highest BCUT2D eigenvalue weighted by atomic mass is 14.9. The zero-order chi connectivity index (χ0) is 12.3. The highest BCUT2D eigenvalue weighted by molar-refractivity contribution is 5.76. The predicted octanol–water partition coefficient (Wildman–Crippen LogP) is 4.44. The molecule has 90 valence electrons. The highest BCUT2D eigenvalue weighted by Gasteiger charge is 2.14. The van der Waals surface area contributed by atoms with Crippen molar-refractivity contribution in [2.45, 2.75) is 47.0 Å². The molecular weight excluding hydrogens is 196 g/mol. The van der Waals surface area contributed by atoms with Gasteiger partial charge in [-0.3, -0.25) is 0 Å². The molecule has 1 N–H and O–H groups in total. The van der Waals surface area contributed by atoms with E-state index in [4.69, 9.17) is 0 Å². The van der Waals surface area contributed by atoms with E-state index in [9.17, 15) is 0 Å². The van der Waals surface area contributed by atoms with Crippen molar-refractivity contribution in [1.82, 2.24) is 9.97 Å². The lowest BCUT2D eigenvalue weighted by Gasteiger charge is -2.18. The molecule has 0 bridgehead atoms. The van der Waals surface area contributed by atoms with Crippen LogP contribution in [-0.2, 0) is 5.41 Å². The lowest BCUT2D eigenvalue weighted by molar-refractivity contribution is 0.591. The molecule has 0 saturated heterocycles. The monoisotopic (exact) mass is 220 g/mol. The molecule has 16 heavy (non-hydrogen) atoms. The minimum absolute atomic E-state index is 0. The standard InChI is InChI=1S/C12H16N2.C2H6.H2/c1-8-13-10-6-5-9(12(2,3)4)7-11(10)14-8;1-2;/h5-7H,1-4H3,(H,13,14);1-2H3;1H. The summed E-state index contributed by atoms with van der Waals surface area (Å²) in [7, 11) is 0. The number of fused-ring (bicyclic) bond motifs is 1. The molecule has 0 saturated carbocycles. The summed E-state index contributed by atoms with van der Waals surface area (Å²) >= 11 is 0. The van der Waals surface area contributed by atoms with Gasteiger partial charge in [0.05, 0.1) is 11.0 Å². The summed E-state index contributed by atoms with van der Waals surface area (Å²) in [5.74, 6) is 0.978. The van der Waals surface area contributed by atoms with E-state index in [0.29, 0.717) is 0 Å². The maximum atomic E-state index is 4.38. The number of H-pyrrole nitrogens is 1. The fourth-order valence-corrected chi connectivity index (χ4v) is 1.60. The summed E-state index contributed by atoms with van der Waals surface area (Å²) in [4.78, 5) is 7.64. The van der Waals surface area contributed by atoms with E-state index in [1.54, 1.807) is 0 Å². The lowest BCUT2D eigenvalue weighted by atomic mass is 9.87. The zero-order valence-corrected chi connectivity index (χ0v) is 11.2. The Morgan fingerprint density at radius 1 is 1.19 bits per heavy atom. The van der Waals surface area contributed by atoms with Crippen LogP contribution in [0.25, 0.3) is 11.0 Å². The van der Waals surface area contributed by atoms with E-state index in [-0.39, 0.29) is 6.84 Å². The molecule has 1 aromatic heterocycles. The Labute approximate surface area is 99.6 Å². The van der Waals surface area contributed by atoms with Crippen molar-refractivity contribution in [1.29, 1.82) is 0 Å². The number of hydrogen-bond donors (Lipinski definition) is 1. The van der Waals surface area contributed by atoms with E-state index in [1.165, 1.54) is 5.56 Å². The minimum atomic E-state index is 0. The summed E-state index contributed by atoms with van der Waals surface area (Å²) in [5, 5.41) is 0. The van der Waals surface area contributed by atoms with Gasteiger partial charge in [-0.2, -0.15) is 0 Å². The number of aryl methyl sites for hydroxylation is 1. The SMILES string of the molecule is CC.Cc1nc2ccc(C(C)(C)C)cc2[nH]1.[HH]. The summed E-state index contributed by atoms with van der Waals surface area (Å²) in [6.45, 7) is 12.6. The van der Waals surface area contributed by atoms with Crippen molar-refractivity contribution in [3.05, 3.63) is 29.6 Å². The van der Waals surface area contributed by atoms with Gasteiger partial charge >= 0.3 is 0 Å². The number of nitrogens with zero attached hydrogens (tertiary/aromatic N) is 1. The third-order valence-electron chi connectivity index (χ3n) is 2.47. The van der Waals surface area contributed by atoms with E-state index in [2.05, 4.69) is 48.9 Å². The molecule has 1 heterocycles. The fourth-order valence-electron chi connectivity index (χ4n) is 1.60. The smallest absolute Gasteiger partial charge is 0.104 e. The molecule has 0 atom stereocenters. The van der Waals surface area contributed by atoms with Crippen LogP contribution in [0, 0.1) is 6.92 Å². The van der Waals surface area contributed by atoms with Gasteiger partial charge in [0.2, 0.25) is 0 Å². The van der Waals surface area contributed by atoms with Gasteiger partial charge in [0.1, 0.15) is 5.82 Å². The summed E-state index contributed by atoms with van der Waals surface area (Å²) in [6.07, 6.45) is 0. The Balaban J connectivity index is 0.000000811. The van der Waals surface area contributed by atoms with Gasteiger partial charge in [0, 0.05) is 1.43 Å². The predicted molar refractivity (Wildman–Crippen MR) is 73.0 cm³/mol. The first kappa shape index (κ1) is 12.8. The van der Waals surface area contributed by atoms with Crippen LogP contribution in [0.1, 0.15) is 47.4 Å². The summed E-state index contributed by atoms with van der Waals surface area (Å²) in [5.41, 5.74) is 3.73. The van der Waals surface area contributed by atoms with Crippen LogP contribution in [0.2, 0.25) is 0 Å². The Morgan fingerprint density at radius 3 is 2.38 bits per heavy atom. The molecule has 0 unspecified atom stereocenters. The van der Waals surface area contributed by atoms with Crippen molar-refractivity contribution < 1.29 is 1.43 Å². The van der Waals surface area contributed by atoms with Crippen LogP contribution < -0.4 is 0 Å². The number of benzene rings is 1. The van der Waals surface area contributed by atoms with Crippen molar-refractivity contribution in [2.75, 3.05) is 0 Å². The maximum absolute atomic E-state index is 4.38. The number of aromatic amines is 1. The van der Waals surface area contributed by atoms with Crippen LogP contribution in [0.3, 0.4) is 0 Å². The normalized spacial score (nSPS) is 11.1. The average Bonchev–Trinajstić information content (AvgIpc) is 2.58. The molecule has 0 aliphatic heterocycles. The molecule has 0 aliphatic rings. The van der Waals surface area contributed by atoms with Gasteiger partial charge in [-0.25, -0.2) is 4.98 Å². The van der Waals surface area contributed by atoms with Gasteiger partial charge < -0.3 is 4.98 Å². The zero-order valence-electron chi connectivity index (χ0n) is 11.2. The second kappa shape index (κ2) is 4.69. The van der Waals surface area contributed by atoms with Gasteiger partial charge in [-0.15, -0.1) is 0 Å². The Kier molecular flexibility index (Phi) is 3.74. The van der Waals surface area contributed by atoms with Crippen molar-refractivity contribution >= 4 is 11.0 Å². The first-order valence-corrected chi connectivity index (χ1v) is 5.94. The Morgan fingerprint density at radius 2 is 1.81 bits per heavy atom. The Hall–Kier alpha value is -1.31. The molecule has 2 heteroatoms.